The highest BCUT2D eigenvalue weighted by Gasteiger charge is 2.22. The molecular weight excluding hydrogens is 250 g/mol. The van der Waals surface area contributed by atoms with Crippen LogP contribution in [-0.2, 0) is 0 Å². The highest BCUT2D eigenvalue weighted by atomic mass is 32.2. The van der Waals surface area contributed by atoms with Crippen molar-refractivity contribution >= 4 is 11.8 Å². The molecule has 0 aliphatic heterocycles. The van der Waals surface area contributed by atoms with Crippen LogP contribution in [-0.4, -0.2) is 12.8 Å². The average molecular weight is 271 g/mol. The zero-order valence-corrected chi connectivity index (χ0v) is 12.4. The standard InChI is InChI=1S/C17H21NS/c1-3-19-17(15-12-8-5-9-13-15)16(18-2)14-10-6-4-7-11-14/h4-13,16-18H,3H2,1-2H3. The Kier molecular flexibility index (Phi) is 5.49. The Labute approximate surface area is 120 Å². The first-order valence-electron chi connectivity index (χ1n) is 6.75. The molecule has 100 valence electrons. The summed E-state index contributed by atoms with van der Waals surface area (Å²) < 4.78 is 0. The van der Waals surface area contributed by atoms with E-state index in [9.17, 15) is 0 Å². The Morgan fingerprint density at radius 2 is 1.42 bits per heavy atom. The van der Waals surface area contributed by atoms with Crippen molar-refractivity contribution in [1.29, 1.82) is 0 Å². The van der Waals surface area contributed by atoms with E-state index in [-0.39, 0.29) is 0 Å². The van der Waals surface area contributed by atoms with Crippen LogP contribution in [0.15, 0.2) is 60.7 Å². The van der Waals surface area contributed by atoms with Gasteiger partial charge in [-0.25, -0.2) is 0 Å². The van der Waals surface area contributed by atoms with Gasteiger partial charge in [0.1, 0.15) is 0 Å². The minimum atomic E-state index is 0.341. The van der Waals surface area contributed by atoms with E-state index >= 15 is 0 Å². The molecule has 0 fully saturated rings. The van der Waals surface area contributed by atoms with Crippen molar-refractivity contribution < 1.29 is 0 Å². The Morgan fingerprint density at radius 1 is 0.895 bits per heavy atom. The minimum absolute atomic E-state index is 0.341. The lowest BCUT2D eigenvalue weighted by molar-refractivity contribution is 0.581. The average Bonchev–Trinajstić information content (AvgIpc) is 2.49. The molecule has 0 saturated heterocycles. The number of hydrogen-bond donors (Lipinski definition) is 1. The van der Waals surface area contributed by atoms with Crippen molar-refractivity contribution in [2.24, 2.45) is 0 Å². The first-order chi connectivity index (χ1) is 9.36. The van der Waals surface area contributed by atoms with Crippen LogP contribution < -0.4 is 5.32 Å². The molecule has 0 aromatic heterocycles. The number of thioether (sulfide) groups is 1. The van der Waals surface area contributed by atoms with Crippen LogP contribution >= 0.6 is 11.8 Å². The van der Waals surface area contributed by atoms with Crippen molar-refractivity contribution in [2.45, 2.75) is 18.2 Å². The van der Waals surface area contributed by atoms with Crippen molar-refractivity contribution in [2.75, 3.05) is 12.8 Å². The van der Waals surface area contributed by atoms with Gasteiger partial charge in [-0.1, -0.05) is 67.6 Å². The van der Waals surface area contributed by atoms with E-state index < -0.39 is 0 Å². The number of nitrogens with one attached hydrogen (secondary N) is 1. The predicted molar refractivity (Wildman–Crippen MR) is 85.6 cm³/mol. The van der Waals surface area contributed by atoms with E-state index in [1.807, 2.05) is 18.8 Å². The van der Waals surface area contributed by atoms with Crippen LogP contribution in [0.1, 0.15) is 29.3 Å². The van der Waals surface area contributed by atoms with Crippen LogP contribution in [0.5, 0.6) is 0 Å². The summed E-state index contributed by atoms with van der Waals surface area (Å²) in [6.07, 6.45) is 0. The van der Waals surface area contributed by atoms with Crippen LogP contribution in [0.4, 0.5) is 0 Å². The molecule has 0 saturated carbocycles. The zero-order valence-electron chi connectivity index (χ0n) is 11.5. The molecule has 0 aliphatic rings. The third-order valence-corrected chi connectivity index (χ3v) is 4.48. The highest BCUT2D eigenvalue weighted by molar-refractivity contribution is 7.99. The summed E-state index contributed by atoms with van der Waals surface area (Å²) in [5.41, 5.74) is 2.73. The second-order valence-corrected chi connectivity index (χ2v) is 5.88. The lowest BCUT2D eigenvalue weighted by atomic mass is 9.98. The van der Waals surface area contributed by atoms with Gasteiger partial charge in [0, 0.05) is 11.3 Å². The van der Waals surface area contributed by atoms with Gasteiger partial charge in [-0.15, -0.1) is 0 Å². The summed E-state index contributed by atoms with van der Waals surface area (Å²) in [5.74, 6) is 1.12. The van der Waals surface area contributed by atoms with E-state index in [1.165, 1.54) is 11.1 Å². The fourth-order valence-corrected chi connectivity index (χ4v) is 3.55. The molecule has 0 bridgehead atoms. The lowest BCUT2D eigenvalue weighted by Crippen LogP contribution is -2.22. The Hall–Kier alpha value is -1.25. The quantitative estimate of drug-likeness (QED) is 0.833. The molecule has 19 heavy (non-hydrogen) atoms. The van der Waals surface area contributed by atoms with Gasteiger partial charge >= 0.3 is 0 Å². The van der Waals surface area contributed by atoms with Crippen LogP contribution in [0.3, 0.4) is 0 Å². The zero-order chi connectivity index (χ0) is 13.5. The molecule has 0 spiro atoms. The molecule has 2 rings (SSSR count). The number of likely N-dealkylation sites (N-methyl/N-ethyl adjacent to an activating group) is 1. The van der Waals surface area contributed by atoms with Gasteiger partial charge in [0.15, 0.2) is 0 Å². The maximum atomic E-state index is 3.48. The Bertz CT molecular complexity index is 469. The molecule has 0 heterocycles. The van der Waals surface area contributed by atoms with E-state index in [2.05, 4.69) is 72.9 Å². The monoisotopic (exact) mass is 271 g/mol. The third-order valence-electron chi connectivity index (χ3n) is 3.25. The highest BCUT2D eigenvalue weighted by Crippen LogP contribution is 2.39. The second-order valence-electron chi connectivity index (χ2n) is 4.46. The van der Waals surface area contributed by atoms with Crippen molar-refractivity contribution in [1.82, 2.24) is 5.32 Å². The molecule has 0 aliphatic carbocycles. The summed E-state index contributed by atoms with van der Waals surface area (Å²) >= 11 is 1.99. The molecule has 2 atom stereocenters. The maximum absolute atomic E-state index is 3.48. The first kappa shape index (κ1) is 14.2. The van der Waals surface area contributed by atoms with Gasteiger partial charge in [-0.3, -0.25) is 0 Å². The van der Waals surface area contributed by atoms with E-state index in [1.54, 1.807) is 0 Å². The smallest absolute Gasteiger partial charge is 0.0492 e. The van der Waals surface area contributed by atoms with Gasteiger partial charge in [-0.05, 0) is 23.9 Å². The summed E-state index contributed by atoms with van der Waals surface area (Å²) in [7, 11) is 2.05. The fourth-order valence-electron chi connectivity index (χ4n) is 2.36. The van der Waals surface area contributed by atoms with Crippen molar-refractivity contribution in [3.05, 3.63) is 71.8 Å². The summed E-state index contributed by atoms with van der Waals surface area (Å²) in [5, 5.41) is 3.92. The van der Waals surface area contributed by atoms with Gasteiger partial charge < -0.3 is 5.32 Å². The van der Waals surface area contributed by atoms with Crippen molar-refractivity contribution in [3.63, 3.8) is 0 Å². The number of benzene rings is 2. The molecule has 1 nitrogen and oxygen atoms in total. The van der Waals surface area contributed by atoms with Gasteiger partial charge in [0.25, 0.3) is 0 Å². The van der Waals surface area contributed by atoms with E-state index in [0.29, 0.717) is 11.3 Å². The van der Waals surface area contributed by atoms with Crippen LogP contribution in [0.25, 0.3) is 0 Å². The summed E-state index contributed by atoms with van der Waals surface area (Å²) in [6.45, 7) is 2.22. The normalized spacial score (nSPS) is 14.0. The largest absolute Gasteiger partial charge is 0.312 e. The molecule has 2 unspecified atom stereocenters. The number of hydrogen-bond acceptors (Lipinski definition) is 2. The first-order valence-corrected chi connectivity index (χ1v) is 7.80. The van der Waals surface area contributed by atoms with Crippen LogP contribution in [0, 0.1) is 0 Å². The third kappa shape index (κ3) is 3.62. The summed E-state index contributed by atoms with van der Waals surface area (Å²) in [6, 6.07) is 21.8. The predicted octanol–water partition coefficient (Wildman–Crippen LogP) is 4.44. The molecule has 2 heteroatoms. The van der Waals surface area contributed by atoms with Gasteiger partial charge in [-0.2, -0.15) is 11.8 Å². The Balaban J connectivity index is 2.31. The molecule has 1 N–H and O–H groups in total. The fraction of sp³-hybridized carbons (Fsp3) is 0.294. The minimum Gasteiger partial charge on any atom is -0.312 e. The van der Waals surface area contributed by atoms with Crippen molar-refractivity contribution in [3.8, 4) is 0 Å². The SMILES string of the molecule is CCSC(c1ccccc1)C(NC)c1ccccc1. The molecule has 2 aromatic carbocycles. The molecule has 0 radical (unpaired) electrons. The maximum Gasteiger partial charge on any atom is 0.0492 e. The molecule has 0 amide bonds. The Morgan fingerprint density at radius 3 is 1.89 bits per heavy atom. The van der Waals surface area contributed by atoms with Gasteiger partial charge in [0.05, 0.1) is 0 Å². The topological polar surface area (TPSA) is 12.0 Å². The van der Waals surface area contributed by atoms with E-state index in [4.69, 9.17) is 0 Å². The molecule has 2 aromatic rings. The second kappa shape index (κ2) is 7.37. The lowest BCUT2D eigenvalue weighted by Gasteiger charge is -2.27. The summed E-state index contributed by atoms with van der Waals surface area (Å²) in [4.78, 5) is 0. The number of rotatable bonds is 6. The molecular formula is C17H21NS. The van der Waals surface area contributed by atoms with E-state index in [0.717, 1.165) is 5.75 Å². The van der Waals surface area contributed by atoms with Gasteiger partial charge in [0.2, 0.25) is 0 Å². The van der Waals surface area contributed by atoms with Crippen LogP contribution in [0.2, 0.25) is 0 Å².